The standard InChI is InChI=1S/C78H152O17P2/c1-6-10-13-16-19-22-25-27-28-29-30-31-32-33-34-35-36-39-42-49-54-59-64-78(83)95-74(68-89-76(81)62-57-52-47-44-43-45-50-55-60-71(5)9-4)70-93-97(86,87)91-66-72(79)65-90-96(84,85)92-69-73(67-88-75(80)61-56-51-46-40-37-24-21-18-15-12-8-3)94-77(82)63-58-53-48-41-38-26-23-20-17-14-11-7-2/h71-74,79H,6-70H2,1-5H3,(H,84,85)(H,86,87)/t71?,72-,73+,74+/m0/s1. The summed E-state index contributed by atoms with van der Waals surface area (Å²) < 4.78 is 68.6. The van der Waals surface area contributed by atoms with Crippen molar-refractivity contribution in [2.24, 2.45) is 5.92 Å². The lowest BCUT2D eigenvalue weighted by Crippen LogP contribution is -2.30. The molecule has 0 saturated carbocycles. The van der Waals surface area contributed by atoms with Gasteiger partial charge in [0.1, 0.15) is 19.3 Å². The Bertz CT molecular complexity index is 1860. The maximum atomic E-state index is 13.1. The average Bonchev–Trinajstić information content (AvgIpc) is 1.88. The normalized spacial score (nSPS) is 14.2. The van der Waals surface area contributed by atoms with E-state index in [9.17, 15) is 43.2 Å². The molecule has 0 amide bonds. The highest BCUT2D eigenvalue weighted by Gasteiger charge is 2.30. The van der Waals surface area contributed by atoms with Crippen LogP contribution in [0.4, 0.5) is 0 Å². The number of phosphoric ester groups is 2. The fraction of sp³-hybridized carbons (Fsp3) is 0.949. The predicted octanol–water partition coefficient (Wildman–Crippen LogP) is 23.3. The van der Waals surface area contributed by atoms with Crippen molar-refractivity contribution in [1.82, 2.24) is 0 Å². The van der Waals surface area contributed by atoms with E-state index in [1.54, 1.807) is 0 Å². The van der Waals surface area contributed by atoms with Crippen LogP contribution in [-0.2, 0) is 65.4 Å². The van der Waals surface area contributed by atoms with Crippen molar-refractivity contribution in [1.29, 1.82) is 0 Å². The van der Waals surface area contributed by atoms with E-state index in [0.29, 0.717) is 25.7 Å². The van der Waals surface area contributed by atoms with Gasteiger partial charge in [-0.1, -0.05) is 362 Å². The van der Waals surface area contributed by atoms with Crippen LogP contribution in [0.5, 0.6) is 0 Å². The molecule has 576 valence electrons. The SMILES string of the molecule is CCCCCCCCCCCCCCCCCCCCCCCCC(=O)O[C@H](COC(=O)CCCCCCCCCCC(C)CC)COP(=O)(O)OC[C@@H](O)COP(=O)(O)OC[C@@H](COC(=O)CCCCCCCCCCCCC)OC(=O)CCCCCCCCCCCCCC. The molecule has 0 bridgehead atoms. The minimum absolute atomic E-state index is 0.108. The van der Waals surface area contributed by atoms with Gasteiger partial charge in [-0.15, -0.1) is 0 Å². The Morgan fingerprint density at radius 1 is 0.289 bits per heavy atom. The average molecular weight is 1420 g/mol. The second-order valence-electron chi connectivity index (χ2n) is 28.3. The van der Waals surface area contributed by atoms with Crippen LogP contribution in [0.15, 0.2) is 0 Å². The Hall–Kier alpha value is -1.94. The molecule has 0 aromatic rings. The first-order chi connectivity index (χ1) is 47.1. The monoisotopic (exact) mass is 1420 g/mol. The van der Waals surface area contributed by atoms with Gasteiger partial charge in [-0.05, 0) is 31.6 Å². The molecule has 0 aromatic carbocycles. The molecule has 3 unspecified atom stereocenters. The molecular weight excluding hydrogens is 1270 g/mol. The maximum absolute atomic E-state index is 13.1. The zero-order valence-electron chi connectivity index (χ0n) is 63.2. The van der Waals surface area contributed by atoms with Crippen molar-refractivity contribution in [3.8, 4) is 0 Å². The highest BCUT2D eigenvalue weighted by molar-refractivity contribution is 7.47. The topological polar surface area (TPSA) is 237 Å². The lowest BCUT2D eigenvalue weighted by atomic mass is 9.99. The summed E-state index contributed by atoms with van der Waals surface area (Å²) in [4.78, 5) is 72.8. The molecule has 0 aliphatic rings. The first-order valence-corrected chi connectivity index (χ1v) is 43.7. The van der Waals surface area contributed by atoms with E-state index in [4.69, 9.17) is 37.0 Å². The third kappa shape index (κ3) is 70.9. The molecule has 3 N–H and O–H groups in total. The number of esters is 4. The molecule has 97 heavy (non-hydrogen) atoms. The number of carbonyl (C=O) groups is 4. The number of phosphoric acid groups is 2. The van der Waals surface area contributed by atoms with E-state index < -0.39 is 97.5 Å². The maximum Gasteiger partial charge on any atom is 0.472 e. The van der Waals surface area contributed by atoms with Crippen LogP contribution < -0.4 is 0 Å². The van der Waals surface area contributed by atoms with Gasteiger partial charge in [0.05, 0.1) is 26.4 Å². The van der Waals surface area contributed by atoms with Gasteiger partial charge in [-0.3, -0.25) is 37.3 Å². The third-order valence-corrected chi connectivity index (χ3v) is 20.5. The minimum atomic E-state index is -4.96. The van der Waals surface area contributed by atoms with E-state index >= 15 is 0 Å². The number of hydrogen-bond acceptors (Lipinski definition) is 15. The van der Waals surface area contributed by atoms with Gasteiger partial charge < -0.3 is 33.8 Å². The molecule has 0 radical (unpaired) electrons. The second-order valence-corrected chi connectivity index (χ2v) is 31.3. The van der Waals surface area contributed by atoms with E-state index in [1.165, 1.54) is 238 Å². The van der Waals surface area contributed by atoms with Gasteiger partial charge in [0.2, 0.25) is 0 Å². The highest BCUT2D eigenvalue weighted by atomic mass is 31.2. The summed E-state index contributed by atoms with van der Waals surface area (Å²) >= 11 is 0. The van der Waals surface area contributed by atoms with E-state index in [-0.39, 0.29) is 25.7 Å². The first-order valence-electron chi connectivity index (χ1n) is 40.7. The highest BCUT2D eigenvalue weighted by Crippen LogP contribution is 2.45. The number of carbonyl (C=O) groups excluding carboxylic acids is 4. The fourth-order valence-corrected chi connectivity index (χ4v) is 13.6. The largest absolute Gasteiger partial charge is 0.472 e. The summed E-state index contributed by atoms with van der Waals surface area (Å²) in [6.07, 6.45) is 61.0. The van der Waals surface area contributed by atoms with Crippen LogP contribution in [0.25, 0.3) is 0 Å². The molecule has 6 atom stereocenters. The fourth-order valence-electron chi connectivity index (χ4n) is 12.0. The number of aliphatic hydroxyl groups is 1. The number of hydrogen-bond donors (Lipinski definition) is 3. The first kappa shape index (κ1) is 95.1. The zero-order chi connectivity index (χ0) is 71.2. The van der Waals surface area contributed by atoms with Crippen molar-refractivity contribution >= 4 is 39.5 Å². The van der Waals surface area contributed by atoms with E-state index in [0.717, 1.165) is 95.8 Å². The van der Waals surface area contributed by atoms with E-state index in [2.05, 4.69) is 34.6 Å². The summed E-state index contributed by atoms with van der Waals surface area (Å²) in [7, 11) is -9.91. The lowest BCUT2D eigenvalue weighted by Gasteiger charge is -2.21. The molecule has 19 heteroatoms. The molecule has 17 nitrogen and oxygen atoms in total. The molecular formula is C78H152O17P2. The third-order valence-electron chi connectivity index (χ3n) is 18.6. The van der Waals surface area contributed by atoms with Crippen molar-refractivity contribution in [3.05, 3.63) is 0 Å². The number of ether oxygens (including phenoxy) is 4. The Kier molecular flexibility index (Phi) is 69.6. The van der Waals surface area contributed by atoms with Crippen LogP contribution in [0.3, 0.4) is 0 Å². The number of aliphatic hydroxyl groups excluding tert-OH is 1. The quantitative estimate of drug-likeness (QED) is 0.0222. The molecule has 0 fully saturated rings. The predicted molar refractivity (Wildman–Crippen MR) is 395 cm³/mol. The van der Waals surface area contributed by atoms with Crippen molar-refractivity contribution in [2.75, 3.05) is 39.6 Å². The summed E-state index contributed by atoms with van der Waals surface area (Å²) in [5.41, 5.74) is 0. The Balaban J connectivity index is 5.18. The summed E-state index contributed by atoms with van der Waals surface area (Å²) in [5.74, 6) is -1.33. The van der Waals surface area contributed by atoms with Crippen molar-refractivity contribution in [3.63, 3.8) is 0 Å². The van der Waals surface area contributed by atoms with Gasteiger partial charge in [0.25, 0.3) is 0 Å². The Labute approximate surface area is 594 Å². The van der Waals surface area contributed by atoms with Crippen molar-refractivity contribution < 1.29 is 80.2 Å². The molecule has 0 spiro atoms. The van der Waals surface area contributed by atoms with Gasteiger partial charge in [-0.25, -0.2) is 9.13 Å². The lowest BCUT2D eigenvalue weighted by molar-refractivity contribution is -0.161. The second kappa shape index (κ2) is 71.1. The zero-order valence-corrected chi connectivity index (χ0v) is 65.0. The molecule has 0 saturated heterocycles. The van der Waals surface area contributed by atoms with Crippen LogP contribution in [-0.4, -0.2) is 96.7 Å². The van der Waals surface area contributed by atoms with Crippen LogP contribution >= 0.6 is 15.6 Å². The molecule has 0 heterocycles. The Morgan fingerprint density at radius 2 is 0.495 bits per heavy atom. The number of rotatable bonds is 78. The van der Waals surface area contributed by atoms with Gasteiger partial charge in [0.15, 0.2) is 12.2 Å². The molecule has 0 rings (SSSR count). The van der Waals surface area contributed by atoms with Crippen LogP contribution in [0.1, 0.15) is 413 Å². The molecule has 0 aliphatic carbocycles. The van der Waals surface area contributed by atoms with Gasteiger partial charge in [-0.2, -0.15) is 0 Å². The smallest absolute Gasteiger partial charge is 0.462 e. The van der Waals surface area contributed by atoms with E-state index in [1.807, 2.05) is 0 Å². The van der Waals surface area contributed by atoms with Gasteiger partial charge >= 0.3 is 39.5 Å². The Morgan fingerprint density at radius 3 is 0.732 bits per heavy atom. The van der Waals surface area contributed by atoms with Crippen LogP contribution in [0.2, 0.25) is 0 Å². The number of unbranched alkanes of at least 4 members (excludes halogenated alkanes) is 49. The minimum Gasteiger partial charge on any atom is -0.462 e. The van der Waals surface area contributed by atoms with Gasteiger partial charge in [0, 0.05) is 25.7 Å². The summed E-state index contributed by atoms with van der Waals surface area (Å²) in [6, 6.07) is 0. The van der Waals surface area contributed by atoms with Crippen molar-refractivity contribution in [2.45, 2.75) is 432 Å². The molecule has 0 aromatic heterocycles. The molecule has 0 aliphatic heterocycles. The van der Waals surface area contributed by atoms with Crippen LogP contribution in [0, 0.1) is 5.92 Å². The summed E-state index contributed by atoms with van der Waals surface area (Å²) in [5, 5.41) is 10.6. The summed E-state index contributed by atoms with van der Waals surface area (Å²) in [6.45, 7) is 7.30.